The molecular weight excluding hydrogens is 218 g/mol. The number of benzene rings is 1. The summed E-state index contributed by atoms with van der Waals surface area (Å²) >= 11 is 0. The maximum Gasteiger partial charge on any atom is 0.269 e. The van der Waals surface area contributed by atoms with Gasteiger partial charge in [-0.05, 0) is 24.5 Å². The largest absolute Gasteiger partial charge is 0.269 e. The van der Waals surface area contributed by atoms with Gasteiger partial charge in [-0.15, -0.1) is 0 Å². The van der Waals surface area contributed by atoms with E-state index in [4.69, 9.17) is 0 Å². The average Bonchev–Trinajstić information content (AvgIpc) is 2.16. The molecule has 1 aromatic carbocycles. The zero-order valence-electron chi connectivity index (χ0n) is 7.84. The predicted octanol–water partition coefficient (Wildman–Crippen LogP) is 1.31. The van der Waals surface area contributed by atoms with Gasteiger partial charge in [-0.1, -0.05) is 0 Å². The molecule has 2 rings (SSSR count). The quantitative estimate of drug-likeness (QED) is 0.535. The molecule has 15 heavy (non-hydrogen) atoms. The highest BCUT2D eigenvalue weighted by Crippen LogP contribution is 2.28. The molecular formula is C9H9NO4S. The summed E-state index contributed by atoms with van der Waals surface area (Å²) in [7, 11) is -3.21. The summed E-state index contributed by atoms with van der Waals surface area (Å²) in [5.41, 5.74) is 0.515. The van der Waals surface area contributed by atoms with Gasteiger partial charge in [0.25, 0.3) is 5.69 Å². The molecule has 0 N–H and O–H groups in total. The van der Waals surface area contributed by atoms with Gasteiger partial charge in [0.05, 0.1) is 15.6 Å². The van der Waals surface area contributed by atoms with E-state index in [1.165, 1.54) is 18.2 Å². The molecule has 0 radical (unpaired) electrons. The van der Waals surface area contributed by atoms with Crippen molar-refractivity contribution < 1.29 is 13.3 Å². The lowest BCUT2D eigenvalue weighted by Crippen LogP contribution is -2.16. The second-order valence-corrected chi connectivity index (χ2v) is 5.55. The van der Waals surface area contributed by atoms with E-state index in [9.17, 15) is 18.5 Å². The zero-order valence-corrected chi connectivity index (χ0v) is 8.66. The molecule has 1 aliphatic rings. The van der Waals surface area contributed by atoms with Crippen molar-refractivity contribution in [1.29, 1.82) is 0 Å². The minimum Gasteiger partial charge on any atom is -0.258 e. The molecule has 0 unspecified atom stereocenters. The third-order valence-corrected chi connectivity index (χ3v) is 4.34. The normalized spacial score (nSPS) is 18.1. The second kappa shape index (κ2) is 3.30. The van der Waals surface area contributed by atoms with Gasteiger partial charge in [-0.3, -0.25) is 10.1 Å². The van der Waals surface area contributed by atoms with E-state index in [2.05, 4.69) is 0 Å². The summed E-state index contributed by atoms with van der Waals surface area (Å²) in [4.78, 5) is 10.2. The number of nitro groups is 1. The fraction of sp³-hybridized carbons (Fsp3) is 0.333. The lowest BCUT2D eigenvalue weighted by atomic mass is 10.1. The number of rotatable bonds is 1. The summed E-state index contributed by atoms with van der Waals surface area (Å²) in [6, 6.07) is 3.93. The van der Waals surface area contributed by atoms with Crippen molar-refractivity contribution in [2.75, 3.05) is 5.75 Å². The smallest absolute Gasteiger partial charge is 0.258 e. The standard InChI is InChI=1S/C9H9NO4S/c11-10(12)8-3-4-9-7(6-8)2-1-5-15(9,13)14/h3-4,6H,1-2,5H2. The topological polar surface area (TPSA) is 77.3 Å². The molecule has 1 heterocycles. The van der Waals surface area contributed by atoms with Crippen LogP contribution in [0.15, 0.2) is 23.1 Å². The molecule has 0 atom stereocenters. The first-order chi connectivity index (χ1) is 7.00. The Bertz CT molecular complexity index is 521. The van der Waals surface area contributed by atoms with E-state index in [1.54, 1.807) is 0 Å². The molecule has 5 nitrogen and oxygen atoms in total. The minimum absolute atomic E-state index is 0.0501. The van der Waals surface area contributed by atoms with Crippen LogP contribution < -0.4 is 0 Å². The highest BCUT2D eigenvalue weighted by Gasteiger charge is 2.24. The number of non-ortho nitro benzene ring substituents is 1. The number of hydrogen-bond donors (Lipinski definition) is 0. The van der Waals surface area contributed by atoms with Crippen molar-refractivity contribution in [1.82, 2.24) is 0 Å². The Hall–Kier alpha value is -1.43. The van der Waals surface area contributed by atoms with Gasteiger partial charge in [0.15, 0.2) is 9.84 Å². The lowest BCUT2D eigenvalue weighted by Gasteiger charge is -2.15. The predicted molar refractivity (Wildman–Crippen MR) is 53.5 cm³/mol. The fourth-order valence-corrected chi connectivity index (χ4v) is 3.32. The second-order valence-electron chi connectivity index (χ2n) is 3.47. The van der Waals surface area contributed by atoms with Crippen LogP contribution in [0.5, 0.6) is 0 Å². The summed E-state index contributed by atoms with van der Waals surface area (Å²) in [5, 5.41) is 10.5. The molecule has 0 saturated heterocycles. The molecule has 1 aliphatic heterocycles. The van der Waals surface area contributed by atoms with Crippen LogP contribution in [0.4, 0.5) is 5.69 Å². The Balaban J connectivity index is 2.60. The first-order valence-corrected chi connectivity index (χ1v) is 6.16. The van der Waals surface area contributed by atoms with E-state index in [0.29, 0.717) is 18.4 Å². The van der Waals surface area contributed by atoms with Crippen molar-refractivity contribution in [3.8, 4) is 0 Å². The van der Waals surface area contributed by atoms with Crippen LogP contribution in [0.2, 0.25) is 0 Å². The van der Waals surface area contributed by atoms with Crippen molar-refractivity contribution in [3.05, 3.63) is 33.9 Å². The number of sulfone groups is 1. The molecule has 0 fully saturated rings. The van der Waals surface area contributed by atoms with Gasteiger partial charge in [0, 0.05) is 12.1 Å². The number of fused-ring (bicyclic) bond motifs is 1. The molecule has 0 saturated carbocycles. The third kappa shape index (κ3) is 1.72. The number of nitro benzene ring substituents is 1. The van der Waals surface area contributed by atoms with Crippen LogP contribution >= 0.6 is 0 Å². The fourth-order valence-electron chi connectivity index (χ4n) is 1.74. The zero-order chi connectivity index (χ0) is 11.1. The van der Waals surface area contributed by atoms with Crippen LogP contribution in [-0.2, 0) is 16.3 Å². The Kier molecular flexibility index (Phi) is 2.22. The summed E-state index contributed by atoms with van der Waals surface area (Å²) in [5.74, 6) is 0.137. The van der Waals surface area contributed by atoms with Gasteiger partial charge in [0.1, 0.15) is 0 Å². The van der Waals surface area contributed by atoms with E-state index in [1.807, 2.05) is 0 Å². The number of nitrogens with zero attached hydrogens (tertiary/aromatic N) is 1. The molecule has 0 aliphatic carbocycles. The summed E-state index contributed by atoms with van der Waals surface area (Å²) in [6.07, 6.45) is 1.13. The average molecular weight is 227 g/mol. The van der Waals surface area contributed by atoms with Crippen LogP contribution in [0.25, 0.3) is 0 Å². The first kappa shape index (κ1) is 10.1. The van der Waals surface area contributed by atoms with Crippen LogP contribution in [0.1, 0.15) is 12.0 Å². The van der Waals surface area contributed by atoms with Gasteiger partial charge < -0.3 is 0 Å². The maximum absolute atomic E-state index is 11.6. The van der Waals surface area contributed by atoms with Gasteiger partial charge >= 0.3 is 0 Å². The maximum atomic E-state index is 11.6. The van der Waals surface area contributed by atoms with Crippen LogP contribution in [-0.4, -0.2) is 19.1 Å². The SMILES string of the molecule is O=[N+]([O-])c1ccc2c(c1)CCCS2(=O)=O. The van der Waals surface area contributed by atoms with Crippen molar-refractivity contribution >= 4 is 15.5 Å². The van der Waals surface area contributed by atoms with E-state index in [-0.39, 0.29) is 16.3 Å². The van der Waals surface area contributed by atoms with Crippen molar-refractivity contribution in [3.63, 3.8) is 0 Å². The van der Waals surface area contributed by atoms with Crippen molar-refractivity contribution in [2.24, 2.45) is 0 Å². The minimum atomic E-state index is -3.21. The molecule has 6 heteroatoms. The van der Waals surface area contributed by atoms with Crippen LogP contribution in [0, 0.1) is 10.1 Å². The molecule has 0 bridgehead atoms. The summed E-state index contributed by atoms with van der Waals surface area (Å²) in [6.45, 7) is 0. The highest BCUT2D eigenvalue weighted by molar-refractivity contribution is 7.91. The highest BCUT2D eigenvalue weighted by atomic mass is 32.2. The molecule has 80 valence electrons. The Morgan fingerprint density at radius 3 is 2.73 bits per heavy atom. The third-order valence-electron chi connectivity index (χ3n) is 2.45. The Morgan fingerprint density at radius 2 is 2.07 bits per heavy atom. The Morgan fingerprint density at radius 1 is 1.33 bits per heavy atom. The number of aryl methyl sites for hydroxylation is 1. The van der Waals surface area contributed by atoms with E-state index < -0.39 is 14.8 Å². The molecule has 1 aromatic rings. The van der Waals surface area contributed by atoms with Crippen molar-refractivity contribution in [2.45, 2.75) is 17.7 Å². The van der Waals surface area contributed by atoms with Gasteiger partial charge in [-0.2, -0.15) is 0 Å². The molecule has 0 aromatic heterocycles. The van der Waals surface area contributed by atoms with E-state index in [0.717, 1.165) is 0 Å². The molecule has 0 spiro atoms. The number of hydrogen-bond acceptors (Lipinski definition) is 4. The summed E-state index contributed by atoms with van der Waals surface area (Å²) < 4.78 is 23.2. The lowest BCUT2D eigenvalue weighted by molar-refractivity contribution is -0.385. The first-order valence-electron chi connectivity index (χ1n) is 4.51. The van der Waals surface area contributed by atoms with Gasteiger partial charge in [-0.25, -0.2) is 8.42 Å². The molecule has 0 amide bonds. The van der Waals surface area contributed by atoms with E-state index >= 15 is 0 Å². The van der Waals surface area contributed by atoms with Gasteiger partial charge in [0.2, 0.25) is 0 Å². The Labute approximate surface area is 86.8 Å². The van der Waals surface area contributed by atoms with Crippen LogP contribution in [0.3, 0.4) is 0 Å². The monoisotopic (exact) mass is 227 g/mol.